The number of hydroxylamine groups is 1. The van der Waals surface area contributed by atoms with E-state index in [1.54, 1.807) is 53.9 Å². The summed E-state index contributed by atoms with van der Waals surface area (Å²) in [6, 6.07) is 48.2. The summed E-state index contributed by atoms with van der Waals surface area (Å²) in [5.41, 5.74) is 11.2. The Morgan fingerprint density at radius 2 is 1.35 bits per heavy atom. The van der Waals surface area contributed by atoms with Crippen LogP contribution in [-0.2, 0) is 24.5 Å². The van der Waals surface area contributed by atoms with E-state index in [-0.39, 0.29) is 9.79 Å². The fraction of sp³-hybridized carbons (Fsp3) is 0.246. The summed E-state index contributed by atoms with van der Waals surface area (Å²) in [5, 5.41) is 1.41. The zero-order chi connectivity index (χ0) is 50.3. The molecule has 0 bridgehead atoms. The first-order chi connectivity index (χ1) is 34.2. The molecule has 1 aliphatic carbocycles. The number of rotatable bonds is 20. The Labute approximate surface area is 427 Å². The number of unbranched alkanes of at least 4 members (excludes halogenated alkanes) is 1. The van der Waals surface area contributed by atoms with Gasteiger partial charge in [-0.05, 0) is 112 Å². The van der Waals surface area contributed by atoms with E-state index in [9.17, 15) is 21.4 Å². The first kappa shape index (κ1) is 51.6. The van der Waals surface area contributed by atoms with E-state index in [1.165, 1.54) is 6.07 Å². The van der Waals surface area contributed by atoms with Crippen molar-refractivity contribution in [2.75, 3.05) is 23.2 Å². The number of fused-ring (bicyclic) bond motifs is 2. The number of nitrogens with one attached hydrogen (secondary N) is 1. The third kappa shape index (κ3) is 12.0. The number of nitrogens with zero attached hydrogens (tertiary/aromatic N) is 2. The minimum absolute atomic E-state index is 0.0519. The molecule has 0 saturated heterocycles. The van der Waals surface area contributed by atoms with Crippen molar-refractivity contribution in [3.63, 3.8) is 0 Å². The summed E-state index contributed by atoms with van der Waals surface area (Å²) in [6.45, 7) is 12.7. The molecule has 368 valence electrons. The first-order valence-electron chi connectivity index (χ1n) is 23.8. The number of para-hydroxylation sites is 1. The Kier molecular flexibility index (Phi) is 16.6. The van der Waals surface area contributed by atoms with E-state index in [0.29, 0.717) is 57.6 Å². The number of thioether (sulfide) groups is 2. The zero-order valence-electron chi connectivity index (χ0n) is 40.9. The molecule has 71 heavy (non-hydrogen) atoms. The summed E-state index contributed by atoms with van der Waals surface area (Å²) >= 11 is 3.34. The molecule has 0 amide bonds. The molecule has 0 radical (unpaired) electrons. The van der Waals surface area contributed by atoms with Gasteiger partial charge in [0, 0.05) is 73.0 Å². The maximum Gasteiger partial charge on any atom is 0.312 e. The van der Waals surface area contributed by atoms with E-state index >= 15 is 0 Å². The lowest BCUT2D eigenvalue weighted by atomic mass is 9.93. The van der Waals surface area contributed by atoms with Crippen LogP contribution in [0.5, 0.6) is 0 Å². The predicted octanol–water partition coefficient (Wildman–Crippen LogP) is 13.9. The second kappa shape index (κ2) is 22.8. The van der Waals surface area contributed by atoms with Crippen LogP contribution in [-0.4, -0.2) is 39.7 Å². The highest BCUT2D eigenvalue weighted by atomic mass is 32.2. The standard InChI is InChI=1S/C57H59N3O7S4/c1-7-9-21-43(8-2)36-58-67-71(64,65)48-32-41(5)57(42(6)33-48)60(38-69-47-24-14-11-15-25-47)45-29-31-50-53(35-45)66-52-34-44(28-30-49(52)55(50)51-26-16-17-27-54(51)70(61,62)63)59(37-68-46-22-12-10-13-23-46)56-39(3)19-18-20-40(56)4/h10-20,22-35,43,58H,7-9,21,36-38H2,1-6H3/p+1. The highest BCUT2D eigenvalue weighted by Gasteiger charge is 2.28. The van der Waals surface area contributed by atoms with E-state index < -0.39 is 20.2 Å². The van der Waals surface area contributed by atoms with Gasteiger partial charge in [0.15, 0.2) is 5.88 Å². The van der Waals surface area contributed by atoms with Gasteiger partial charge in [0.2, 0.25) is 11.0 Å². The Bertz CT molecular complexity index is 3390. The van der Waals surface area contributed by atoms with Crippen LogP contribution in [0.3, 0.4) is 0 Å². The first-order valence-corrected chi connectivity index (χ1v) is 28.6. The summed E-state index contributed by atoms with van der Waals surface area (Å²) in [6.07, 6.45) is 4.05. The monoisotopic (exact) mass is 1030 g/mol. The van der Waals surface area contributed by atoms with Crippen LogP contribution >= 0.6 is 23.5 Å². The summed E-state index contributed by atoms with van der Waals surface area (Å²) < 4.78 is 78.7. The Morgan fingerprint density at radius 3 is 2.00 bits per heavy atom. The number of benzene rings is 7. The average Bonchev–Trinajstić information content (AvgIpc) is 3.35. The van der Waals surface area contributed by atoms with Crippen LogP contribution in [0.1, 0.15) is 61.8 Å². The van der Waals surface area contributed by atoms with Crippen molar-refractivity contribution in [3.05, 3.63) is 179 Å². The number of aryl methyl sites for hydroxylation is 4. The van der Waals surface area contributed by atoms with Gasteiger partial charge in [-0.15, -0.1) is 11.8 Å². The molecule has 0 fully saturated rings. The largest absolute Gasteiger partial charge is 0.456 e. The van der Waals surface area contributed by atoms with E-state index in [1.807, 2.05) is 98.8 Å². The van der Waals surface area contributed by atoms with Gasteiger partial charge >= 0.3 is 10.1 Å². The third-order valence-electron chi connectivity index (χ3n) is 12.8. The third-order valence-corrected chi connectivity index (χ3v) is 16.8. The van der Waals surface area contributed by atoms with Crippen LogP contribution in [0, 0.1) is 33.6 Å². The summed E-state index contributed by atoms with van der Waals surface area (Å²) in [4.78, 5) is 4.27. The molecule has 0 spiro atoms. The van der Waals surface area contributed by atoms with Crippen molar-refractivity contribution in [1.29, 1.82) is 0 Å². The SMILES string of the molecule is CCCCC(CC)CNOS(=O)(=O)c1cc(C)c(/[N+](CSc2ccccc2)=c2\ccc3c(-c4ccccc4S(=O)(=O)O)c4ccc(N(CSc5ccccc5)c5c(C)cccc5C)cc4oc-3c2)c(C)c1. The molecule has 6 aromatic rings. The van der Waals surface area contributed by atoms with Crippen LogP contribution in [0.2, 0.25) is 0 Å². The molecule has 0 aromatic heterocycles. The topological polar surface area (TPSA) is 129 Å². The Morgan fingerprint density at radius 1 is 0.704 bits per heavy atom. The van der Waals surface area contributed by atoms with E-state index in [0.717, 1.165) is 80.1 Å². The molecular formula is C57H60N3O7S4+. The van der Waals surface area contributed by atoms with Crippen LogP contribution in [0.15, 0.2) is 176 Å². The number of hydrogen-bond acceptors (Lipinski definition) is 10. The minimum atomic E-state index is -4.66. The van der Waals surface area contributed by atoms with Gasteiger partial charge in [0.05, 0.1) is 16.8 Å². The fourth-order valence-electron chi connectivity index (χ4n) is 9.18. The smallest absolute Gasteiger partial charge is 0.312 e. The molecule has 0 saturated carbocycles. The quantitative estimate of drug-likeness (QED) is 0.0189. The predicted molar refractivity (Wildman–Crippen MR) is 291 cm³/mol. The van der Waals surface area contributed by atoms with Gasteiger partial charge in [0.25, 0.3) is 10.1 Å². The molecule has 14 heteroatoms. The normalized spacial score (nSPS) is 12.9. The molecule has 1 atom stereocenters. The molecule has 10 nitrogen and oxygen atoms in total. The van der Waals surface area contributed by atoms with Gasteiger partial charge in [-0.1, -0.05) is 118 Å². The zero-order valence-corrected chi connectivity index (χ0v) is 44.2. The molecule has 6 aromatic carbocycles. The van der Waals surface area contributed by atoms with Crippen molar-refractivity contribution in [3.8, 4) is 22.5 Å². The lowest BCUT2D eigenvalue weighted by Crippen LogP contribution is -2.28. The van der Waals surface area contributed by atoms with Crippen molar-refractivity contribution >= 4 is 71.8 Å². The second-order valence-corrected chi connectivity index (χ2v) is 22.8. The van der Waals surface area contributed by atoms with Crippen molar-refractivity contribution in [1.82, 2.24) is 10.1 Å². The molecule has 1 aliphatic heterocycles. The van der Waals surface area contributed by atoms with Crippen molar-refractivity contribution < 1.29 is 30.1 Å². The van der Waals surface area contributed by atoms with Gasteiger partial charge in [-0.2, -0.15) is 31.2 Å². The molecule has 2 aliphatic rings. The highest BCUT2D eigenvalue weighted by Crippen LogP contribution is 2.44. The molecule has 8 rings (SSSR count). The maximum atomic E-state index is 13.7. The fourth-order valence-corrected chi connectivity index (χ4v) is 12.7. The van der Waals surface area contributed by atoms with Crippen LogP contribution < -0.4 is 20.3 Å². The summed E-state index contributed by atoms with van der Waals surface area (Å²) in [7, 11) is -8.81. The highest BCUT2D eigenvalue weighted by molar-refractivity contribution is 7.99. The molecule has 1 heterocycles. The van der Waals surface area contributed by atoms with Crippen LogP contribution in [0.4, 0.5) is 17.1 Å². The second-order valence-electron chi connectivity index (χ2n) is 17.8. The van der Waals surface area contributed by atoms with Gasteiger partial charge < -0.3 is 9.32 Å². The maximum absolute atomic E-state index is 13.7. The number of hydrogen-bond donors (Lipinski definition) is 2. The summed E-state index contributed by atoms with van der Waals surface area (Å²) in [5.74, 6) is 1.80. The minimum Gasteiger partial charge on any atom is -0.456 e. The Balaban J connectivity index is 1.32. The van der Waals surface area contributed by atoms with E-state index in [4.69, 9.17) is 8.70 Å². The van der Waals surface area contributed by atoms with Crippen LogP contribution in [0.25, 0.3) is 33.4 Å². The number of anilines is 2. The molecular weight excluding hydrogens is 967 g/mol. The van der Waals surface area contributed by atoms with Gasteiger partial charge in [-0.25, -0.2) is 0 Å². The van der Waals surface area contributed by atoms with Crippen molar-refractivity contribution in [2.45, 2.75) is 86.8 Å². The van der Waals surface area contributed by atoms with Crippen molar-refractivity contribution in [2.24, 2.45) is 5.92 Å². The van der Waals surface area contributed by atoms with Gasteiger partial charge in [-0.3, -0.25) is 4.55 Å². The van der Waals surface area contributed by atoms with Gasteiger partial charge in [0.1, 0.15) is 16.2 Å². The lowest BCUT2D eigenvalue weighted by molar-refractivity contribution is 0.179. The molecule has 2 N–H and O–H groups in total. The Hall–Kier alpha value is -5.71. The lowest BCUT2D eigenvalue weighted by Gasteiger charge is -2.28. The average molecular weight is 1030 g/mol. The van der Waals surface area contributed by atoms with E-state index in [2.05, 4.69) is 73.0 Å². The molecule has 1 unspecified atom stereocenters.